The Labute approximate surface area is 161 Å². The highest BCUT2D eigenvalue weighted by molar-refractivity contribution is 6.30. The summed E-state index contributed by atoms with van der Waals surface area (Å²) in [6.45, 7) is 1.71. The number of benzene rings is 2. The van der Waals surface area contributed by atoms with E-state index in [1.807, 2.05) is 12.1 Å². The van der Waals surface area contributed by atoms with E-state index in [2.05, 4.69) is 10.5 Å². The molecule has 1 amide bonds. The van der Waals surface area contributed by atoms with E-state index in [1.165, 1.54) is 19.4 Å². The molecule has 0 saturated heterocycles. The van der Waals surface area contributed by atoms with Crippen molar-refractivity contribution in [3.63, 3.8) is 0 Å². The minimum Gasteiger partial charge on any atom is -0.504 e. The molecule has 27 heavy (non-hydrogen) atoms. The number of ether oxygens (including phenoxy) is 1. The standard InChI is InChI=1S/C20H17ClN2O4/c1-12-16(10-19(27-12)14-4-6-15(21)7-5-14)20(25)23-22-11-13-3-8-18(26-2)17(24)9-13/h3-11,24H,1-2H3,(H,23,25)/b22-11+. The number of halogens is 1. The Morgan fingerprint density at radius 1 is 1.22 bits per heavy atom. The number of furan rings is 1. The number of nitrogens with zero attached hydrogens (tertiary/aromatic N) is 1. The molecule has 3 rings (SSSR count). The van der Waals surface area contributed by atoms with E-state index in [-0.39, 0.29) is 5.75 Å². The van der Waals surface area contributed by atoms with Gasteiger partial charge in [0, 0.05) is 10.6 Å². The van der Waals surface area contributed by atoms with Crippen molar-refractivity contribution in [3.8, 4) is 22.8 Å². The monoisotopic (exact) mass is 384 g/mol. The Hall–Kier alpha value is -3.25. The van der Waals surface area contributed by atoms with Gasteiger partial charge in [-0.3, -0.25) is 4.79 Å². The second-order valence-corrected chi connectivity index (χ2v) is 6.15. The Morgan fingerprint density at radius 2 is 1.96 bits per heavy atom. The average Bonchev–Trinajstić information content (AvgIpc) is 3.04. The van der Waals surface area contributed by atoms with Gasteiger partial charge >= 0.3 is 0 Å². The number of amides is 1. The molecule has 0 fully saturated rings. The highest BCUT2D eigenvalue weighted by atomic mass is 35.5. The first kappa shape index (κ1) is 18.5. The lowest BCUT2D eigenvalue weighted by molar-refractivity contribution is 0.0953. The van der Waals surface area contributed by atoms with Crippen LogP contribution in [0.2, 0.25) is 5.02 Å². The molecule has 0 bridgehead atoms. The summed E-state index contributed by atoms with van der Waals surface area (Å²) >= 11 is 5.89. The van der Waals surface area contributed by atoms with Crippen LogP contribution in [0.25, 0.3) is 11.3 Å². The van der Waals surface area contributed by atoms with Crippen LogP contribution in [0, 0.1) is 6.92 Å². The van der Waals surface area contributed by atoms with Crippen LogP contribution in [0.4, 0.5) is 0 Å². The number of phenols is 1. The topological polar surface area (TPSA) is 84.1 Å². The van der Waals surface area contributed by atoms with Gasteiger partial charge in [0.25, 0.3) is 5.91 Å². The SMILES string of the molecule is COc1ccc(/C=N/NC(=O)c2cc(-c3ccc(Cl)cc3)oc2C)cc1O. The number of hydrazone groups is 1. The highest BCUT2D eigenvalue weighted by Gasteiger charge is 2.15. The van der Waals surface area contributed by atoms with E-state index in [0.29, 0.717) is 33.4 Å². The number of hydrogen-bond donors (Lipinski definition) is 2. The fraction of sp³-hybridized carbons (Fsp3) is 0.100. The van der Waals surface area contributed by atoms with Crippen molar-refractivity contribution in [1.82, 2.24) is 5.43 Å². The van der Waals surface area contributed by atoms with Gasteiger partial charge in [0.2, 0.25) is 0 Å². The van der Waals surface area contributed by atoms with Crippen molar-refractivity contribution >= 4 is 23.7 Å². The van der Waals surface area contributed by atoms with Gasteiger partial charge in [-0.15, -0.1) is 0 Å². The Balaban J connectivity index is 1.71. The van der Waals surface area contributed by atoms with Crippen LogP contribution in [0.1, 0.15) is 21.7 Å². The normalized spacial score (nSPS) is 10.9. The maximum atomic E-state index is 12.3. The second kappa shape index (κ2) is 7.97. The van der Waals surface area contributed by atoms with Gasteiger partial charge in [0.15, 0.2) is 11.5 Å². The van der Waals surface area contributed by atoms with Gasteiger partial charge in [-0.25, -0.2) is 5.43 Å². The van der Waals surface area contributed by atoms with Crippen LogP contribution in [0.3, 0.4) is 0 Å². The molecule has 0 aliphatic carbocycles. The van der Waals surface area contributed by atoms with Crippen LogP contribution in [-0.2, 0) is 0 Å². The van der Waals surface area contributed by atoms with Gasteiger partial charge < -0.3 is 14.3 Å². The third kappa shape index (κ3) is 4.30. The summed E-state index contributed by atoms with van der Waals surface area (Å²) in [5, 5.41) is 14.3. The lowest BCUT2D eigenvalue weighted by Crippen LogP contribution is -2.17. The molecule has 138 valence electrons. The summed E-state index contributed by atoms with van der Waals surface area (Å²) in [5.41, 5.74) is 4.26. The molecule has 0 atom stereocenters. The lowest BCUT2D eigenvalue weighted by Gasteiger charge is -2.03. The first-order valence-corrected chi connectivity index (χ1v) is 8.42. The minimum atomic E-state index is -0.398. The van der Waals surface area contributed by atoms with Crippen LogP contribution in [0.15, 0.2) is 58.0 Å². The number of phenolic OH excluding ortho intramolecular Hbond substituents is 1. The maximum absolute atomic E-state index is 12.3. The number of aryl methyl sites for hydroxylation is 1. The fourth-order valence-electron chi connectivity index (χ4n) is 2.48. The molecule has 2 N–H and O–H groups in total. The quantitative estimate of drug-likeness (QED) is 0.505. The van der Waals surface area contributed by atoms with Crippen LogP contribution in [0.5, 0.6) is 11.5 Å². The number of hydrogen-bond acceptors (Lipinski definition) is 5. The Kier molecular flexibility index (Phi) is 5.47. The van der Waals surface area contributed by atoms with E-state index in [0.717, 1.165) is 5.56 Å². The van der Waals surface area contributed by atoms with Crippen molar-refractivity contribution in [2.75, 3.05) is 7.11 Å². The summed E-state index contributed by atoms with van der Waals surface area (Å²) in [5.74, 6) is 1.00. The summed E-state index contributed by atoms with van der Waals surface area (Å²) in [4.78, 5) is 12.3. The zero-order valence-electron chi connectivity index (χ0n) is 14.7. The van der Waals surface area contributed by atoms with Crippen LogP contribution < -0.4 is 10.2 Å². The van der Waals surface area contributed by atoms with E-state index in [1.54, 1.807) is 37.3 Å². The van der Waals surface area contributed by atoms with Crippen LogP contribution >= 0.6 is 11.6 Å². The molecular formula is C20H17ClN2O4. The van der Waals surface area contributed by atoms with Crippen molar-refractivity contribution in [1.29, 1.82) is 0 Å². The molecule has 0 unspecified atom stereocenters. The molecule has 0 radical (unpaired) electrons. The summed E-state index contributed by atoms with van der Waals surface area (Å²) < 4.78 is 10.6. The molecule has 1 aromatic heterocycles. The van der Waals surface area contributed by atoms with Crippen LogP contribution in [-0.4, -0.2) is 24.3 Å². The smallest absolute Gasteiger partial charge is 0.274 e. The van der Waals surface area contributed by atoms with Crippen molar-refractivity contribution < 1.29 is 19.1 Å². The van der Waals surface area contributed by atoms with Gasteiger partial charge in [0.05, 0.1) is 18.9 Å². The molecule has 2 aromatic carbocycles. The van der Waals surface area contributed by atoms with Crippen molar-refractivity contribution in [3.05, 3.63) is 70.4 Å². The lowest BCUT2D eigenvalue weighted by atomic mass is 10.1. The zero-order chi connectivity index (χ0) is 19.4. The number of aromatic hydroxyl groups is 1. The van der Waals surface area contributed by atoms with E-state index < -0.39 is 5.91 Å². The molecule has 1 heterocycles. The Bertz CT molecular complexity index is 994. The average molecular weight is 385 g/mol. The van der Waals surface area contributed by atoms with E-state index in [4.69, 9.17) is 20.8 Å². The van der Waals surface area contributed by atoms with Gasteiger partial charge in [-0.05, 0) is 61.0 Å². The molecule has 0 aliphatic rings. The molecule has 0 aliphatic heterocycles. The predicted octanol–water partition coefficient (Wildman–Crippen LogP) is 4.39. The number of methoxy groups -OCH3 is 1. The molecule has 0 spiro atoms. The van der Waals surface area contributed by atoms with E-state index >= 15 is 0 Å². The predicted molar refractivity (Wildman–Crippen MR) is 104 cm³/mol. The molecule has 6 nitrogen and oxygen atoms in total. The van der Waals surface area contributed by atoms with Gasteiger partial charge in [-0.1, -0.05) is 11.6 Å². The highest BCUT2D eigenvalue weighted by Crippen LogP contribution is 2.27. The largest absolute Gasteiger partial charge is 0.504 e. The van der Waals surface area contributed by atoms with Gasteiger partial charge in [0.1, 0.15) is 11.5 Å². The van der Waals surface area contributed by atoms with Crippen molar-refractivity contribution in [2.24, 2.45) is 5.10 Å². The Morgan fingerprint density at radius 3 is 2.63 bits per heavy atom. The number of nitrogens with one attached hydrogen (secondary N) is 1. The number of rotatable bonds is 5. The molecular weight excluding hydrogens is 368 g/mol. The maximum Gasteiger partial charge on any atom is 0.274 e. The molecule has 0 saturated carbocycles. The first-order chi connectivity index (χ1) is 13.0. The van der Waals surface area contributed by atoms with Crippen molar-refractivity contribution in [2.45, 2.75) is 6.92 Å². The van der Waals surface area contributed by atoms with E-state index in [9.17, 15) is 9.90 Å². The van der Waals surface area contributed by atoms with Gasteiger partial charge in [-0.2, -0.15) is 5.10 Å². The summed E-state index contributed by atoms with van der Waals surface area (Å²) in [7, 11) is 1.47. The molecule has 3 aromatic rings. The third-order valence-electron chi connectivity index (χ3n) is 3.87. The molecule has 7 heteroatoms. The zero-order valence-corrected chi connectivity index (χ0v) is 15.4. The summed E-state index contributed by atoms with van der Waals surface area (Å²) in [6.07, 6.45) is 1.42. The minimum absolute atomic E-state index is 0.00828. The fourth-order valence-corrected chi connectivity index (χ4v) is 2.60. The summed E-state index contributed by atoms with van der Waals surface area (Å²) in [6, 6.07) is 13.6. The second-order valence-electron chi connectivity index (χ2n) is 5.72. The number of carbonyl (C=O) groups is 1. The first-order valence-electron chi connectivity index (χ1n) is 8.04. The number of carbonyl (C=O) groups excluding carboxylic acids is 1. The third-order valence-corrected chi connectivity index (χ3v) is 4.13.